The minimum Gasteiger partial charge on any atom is -0.389 e. The van der Waals surface area contributed by atoms with Gasteiger partial charge in [-0.2, -0.15) is 17.4 Å². The van der Waals surface area contributed by atoms with Gasteiger partial charge in [0.1, 0.15) is 0 Å². The average molecular weight is 252 g/mol. The SMILES string of the molecule is CCCC(C)(O)CNS(=O)(=O)N(CC)CC. The van der Waals surface area contributed by atoms with Crippen LogP contribution in [0.2, 0.25) is 0 Å². The van der Waals surface area contributed by atoms with Crippen LogP contribution < -0.4 is 4.72 Å². The molecular formula is C10H24N2O3S. The van der Waals surface area contributed by atoms with E-state index in [0.717, 1.165) is 6.42 Å². The minimum absolute atomic E-state index is 0.0552. The third-order valence-corrected chi connectivity index (χ3v) is 4.17. The summed E-state index contributed by atoms with van der Waals surface area (Å²) < 4.78 is 27.3. The fourth-order valence-electron chi connectivity index (χ4n) is 1.53. The summed E-state index contributed by atoms with van der Waals surface area (Å²) in [6, 6.07) is 0. The summed E-state index contributed by atoms with van der Waals surface area (Å²) in [5.74, 6) is 0. The molecular weight excluding hydrogens is 228 g/mol. The van der Waals surface area contributed by atoms with Crippen molar-refractivity contribution >= 4 is 10.2 Å². The van der Waals surface area contributed by atoms with Crippen molar-refractivity contribution in [3.8, 4) is 0 Å². The Kier molecular flexibility index (Phi) is 6.47. The summed E-state index contributed by atoms with van der Waals surface area (Å²) in [5, 5.41) is 9.86. The summed E-state index contributed by atoms with van der Waals surface area (Å²) >= 11 is 0. The molecule has 98 valence electrons. The number of aliphatic hydroxyl groups is 1. The van der Waals surface area contributed by atoms with E-state index in [1.54, 1.807) is 20.8 Å². The van der Waals surface area contributed by atoms with Crippen molar-refractivity contribution in [2.45, 2.75) is 46.1 Å². The molecule has 0 amide bonds. The minimum atomic E-state index is -3.45. The van der Waals surface area contributed by atoms with Crippen LogP contribution in [0.4, 0.5) is 0 Å². The van der Waals surface area contributed by atoms with Gasteiger partial charge >= 0.3 is 0 Å². The highest BCUT2D eigenvalue weighted by molar-refractivity contribution is 7.87. The molecule has 1 atom stereocenters. The third kappa shape index (κ3) is 5.25. The summed E-state index contributed by atoms with van der Waals surface area (Å²) in [4.78, 5) is 0. The molecule has 0 aliphatic heterocycles. The van der Waals surface area contributed by atoms with Crippen LogP contribution >= 0.6 is 0 Å². The van der Waals surface area contributed by atoms with Crippen molar-refractivity contribution in [2.75, 3.05) is 19.6 Å². The number of rotatable bonds is 8. The van der Waals surface area contributed by atoms with Gasteiger partial charge in [0, 0.05) is 19.6 Å². The summed E-state index contributed by atoms with van der Waals surface area (Å²) in [6.45, 7) is 8.08. The van der Waals surface area contributed by atoms with Crippen molar-refractivity contribution in [2.24, 2.45) is 0 Å². The van der Waals surface area contributed by atoms with Crippen LogP contribution in [-0.4, -0.2) is 43.1 Å². The van der Waals surface area contributed by atoms with E-state index in [1.165, 1.54) is 4.31 Å². The Bertz CT molecular complexity index is 284. The molecule has 0 aromatic carbocycles. The van der Waals surface area contributed by atoms with Gasteiger partial charge in [0.25, 0.3) is 10.2 Å². The molecule has 0 saturated carbocycles. The van der Waals surface area contributed by atoms with Gasteiger partial charge in [-0.15, -0.1) is 0 Å². The fraction of sp³-hybridized carbons (Fsp3) is 1.00. The predicted molar refractivity (Wildman–Crippen MR) is 65.4 cm³/mol. The lowest BCUT2D eigenvalue weighted by Gasteiger charge is -2.25. The van der Waals surface area contributed by atoms with Crippen molar-refractivity contribution < 1.29 is 13.5 Å². The van der Waals surface area contributed by atoms with Gasteiger partial charge in [0.2, 0.25) is 0 Å². The fourth-order valence-corrected chi connectivity index (χ4v) is 2.88. The molecule has 16 heavy (non-hydrogen) atoms. The molecule has 0 aromatic heterocycles. The Morgan fingerprint density at radius 2 is 1.75 bits per heavy atom. The number of nitrogens with one attached hydrogen (secondary N) is 1. The number of nitrogens with zero attached hydrogens (tertiary/aromatic N) is 1. The van der Waals surface area contributed by atoms with Gasteiger partial charge in [0.15, 0.2) is 0 Å². The maximum atomic E-state index is 11.7. The molecule has 0 fully saturated rings. The molecule has 1 unspecified atom stereocenters. The van der Waals surface area contributed by atoms with Crippen molar-refractivity contribution in [1.29, 1.82) is 0 Å². The second-order valence-electron chi connectivity index (χ2n) is 4.16. The first-order chi connectivity index (χ1) is 7.29. The molecule has 0 rings (SSSR count). The Morgan fingerprint density at radius 3 is 2.12 bits per heavy atom. The van der Waals surface area contributed by atoms with Crippen molar-refractivity contribution in [3.05, 3.63) is 0 Å². The Hall–Kier alpha value is -0.170. The van der Waals surface area contributed by atoms with Gasteiger partial charge in [-0.25, -0.2) is 0 Å². The molecule has 0 heterocycles. The van der Waals surface area contributed by atoms with Gasteiger partial charge in [0.05, 0.1) is 5.60 Å². The summed E-state index contributed by atoms with van der Waals surface area (Å²) in [7, 11) is -3.45. The summed E-state index contributed by atoms with van der Waals surface area (Å²) in [5.41, 5.74) is -0.977. The molecule has 0 spiro atoms. The van der Waals surface area contributed by atoms with E-state index in [-0.39, 0.29) is 6.54 Å². The molecule has 0 aliphatic carbocycles. The second-order valence-corrected chi connectivity index (χ2v) is 5.91. The standard InChI is InChI=1S/C10H24N2O3S/c1-5-8-10(4,13)9-11-16(14,15)12(6-2)7-3/h11,13H,5-9H2,1-4H3. The molecule has 0 saturated heterocycles. The zero-order valence-corrected chi connectivity index (χ0v) is 11.5. The molecule has 0 bridgehead atoms. The van der Waals surface area contributed by atoms with Gasteiger partial charge in [-0.3, -0.25) is 0 Å². The number of hydrogen-bond acceptors (Lipinski definition) is 3. The van der Waals surface area contributed by atoms with E-state index < -0.39 is 15.8 Å². The Labute approximate surface area is 99.0 Å². The zero-order valence-electron chi connectivity index (χ0n) is 10.7. The van der Waals surface area contributed by atoms with E-state index in [4.69, 9.17) is 0 Å². The number of hydrogen-bond donors (Lipinski definition) is 2. The van der Waals surface area contributed by atoms with E-state index >= 15 is 0 Å². The zero-order chi connectivity index (χ0) is 12.8. The van der Waals surface area contributed by atoms with Gasteiger partial charge in [-0.05, 0) is 13.3 Å². The normalized spacial score (nSPS) is 16.4. The van der Waals surface area contributed by atoms with Gasteiger partial charge < -0.3 is 5.11 Å². The van der Waals surface area contributed by atoms with E-state index in [9.17, 15) is 13.5 Å². The lowest BCUT2D eigenvalue weighted by Crippen LogP contribution is -2.46. The van der Waals surface area contributed by atoms with Crippen LogP contribution in [0, 0.1) is 0 Å². The lowest BCUT2D eigenvalue weighted by molar-refractivity contribution is 0.0550. The topological polar surface area (TPSA) is 69.6 Å². The van der Waals surface area contributed by atoms with E-state index in [2.05, 4.69) is 4.72 Å². The first-order valence-electron chi connectivity index (χ1n) is 5.76. The van der Waals surface area contributed by atoms with Gasteiger partial charge in [-0.1, -0.05) is 27.2 Å². The highest BCUT2D eigenvalue weighted by Gasteiger charge is 2.24. The van der Waals surface area contributed by atoms with E-state index in [0.29, 0.717) is 19.5 Å². The van der Waals surface area contributed by atoms with Crippen LogP contribution in [0.1, 0.15) is 40.5 Å². The molecule has 0 aromatic rings. The average Bonchev–Trinajstić information content (AvgIpc) is 2.17. The quantitative estimate of drug-likeness (QED) is 0.668. The molecule has 5 nitrogen and oxygen atoms in total. The molecule has 0 radical (unpaired) electrons. The third-order valence-electron chi connectivity index (χ3n) is 2.47. The Balaban J connectivity index is 4.39. The second kappa shape index (κ2) is 6.54. The highest BCUT2D eigenvalue weighted by atomic mass is 32.2. The van der Waals surface area contributed by atoms with E-state index in [1.807, 2.05) is 6.92 Å². The van der Waals surface area contributed by atoms with Crippen molar-refractivity contribution in [3.63, 3.8) is 0 Å². The first kappa shape index (κ1) is 15.8. The largest absolute Gasteiger partial charge is 0.389 e. The maximum Gasteiger partial charge on any atom is 0.279 e. The van der Waals surface area contributed by atoms with Crippen LogP contribution in [0.15, 0.2) is 0 Å². The Morgan fingerprint density at radius 1 is 1.25 bits per heavy atom. The highest BCUT2D eigenvalue weighted by Crippen LogP contribution is 2.11. The molecule has 0 aliphatic rings. The van der Waals surface area contributed by atoms with Crippen LogP contribution in [0.25, 0.3) is 0 Å². The molecule has 6 heteroatoms. The van der Waals surface area contributed by atoms with Crippen LogP contribution in [0.5, 0.6) is 0 Å². The maximum absolute atomic E-state index is 11.7. The molecule has 2 N–H and O–H groups in total. The first-order valence-corrected chi connectivity index (χ1v) is 7.20. The van der Waals surface area contributed by atoms with Crippen molar-refractivity contribution in [1.82, 2.24) is 9.03 Å². The summed E-state index contributed by atoms with van der Waals surface area (Å²) in [6.07, 6.45) is 1.40. The van der Waals surface area contributed by atoms with Crippen LogP contribution in [-0.2, 0) is 10.2 Å². The van der Waals surface area contributed by atoms with Crippen LogP contribution in [0.3, 0.4) is 0 Å². The predicted octanol–water partition coefficient (Wildman–Crippen LogP) is 0.714. The monoisotopic (exact) mass is 252 g/mol. The lowest BCUT2D eigenvalue weighted by atomic mass is 10.0. The smallest absolute Gasteiger partial charge is 0.279 e.